The molecule has 0 heterocycles. The summed E-state index contributed by atoms with van der Waals surface area (Å²) in [6.07, 6.45) is 0.182. The largest absolute Gasteiger partial charge is 0.490 e. The first-order valence-electron chi connectivity index (χ1n) is 5.51. The molecule has 0 aromatic heterocycles. The quantitative estimate of drug-likeness (QED) is 0.632. The van der Waals surface area contributed by atoms with Crippen molar-refractivity contribution in [3.8, 4) is 5.75 Å². The first-order valence-corrected chi connectivity index (χ1v) is 5.51. The van der Waals surface area contributed by atoms with Gasteiger partial charge in [0.1, 0.15) is 0 Å². The average Bonchev–Trinajstić information content (AvgIpc) is 2.35. The lowest BCUT2D eigenvalue weighted by Crippen LogP contribution is -2.14. The standard InChI is InChI=1S/C12H17NO4/c1-4-11(14)8(2)9-5-6-10(13(15)16)12(7-9)17-3/h5-8,11,14H,4H2,1-3H3. The molecule has 94 valence electrons. The van der Waals surface area contributed by atoms with Crippen LogP contribution in [-0.4, -0.2) is 23.2 Å². The maximum Gasteiger partial charge on any atom is 0.310 e. The Balaban J connectivity index is 3.09. The van der Waals surface area contributed by atoms with Crippen molar-refractivity contribution in [1.29, 1.82) is 0 Å². The molecule has 0 aliphatic heterocycles. The van der Waals surface area contributed by atoms with Crippen LogP contribution >= 0.6 is 0 Å². The summed E-state index contributed by atoms with van der Waals surface area (Å²) in [6.45, 7) is 3.78. The van der Waals surface area contributed by atoms with E-state index in [2.05, 4.69) is 0 Å². The molecule has 2 unspecified atom stereocenters. The maximum absolute atomic E-state index is 10.7. The van der Waals surface area contributed by atoms with Crippen molar-refractivity contribution in [2.24, 2.45) is 0 Å². The van der Waals surface area contributed by atoms with Crippen molar-refractivity contribution in [3.63, 3.8) is 0 Å². The lowest BCUT2D eigenvalue weighted by Gasteiger charge is -2.18. The van der Waals surface area contributed by atoms with Crippen LogP contribution in [0.25, 0.3) is 0 Å². The molecule has 5 nitrogen and oxygen atoms in total. The van der Waals surface area contributed by atoms with Crippen LogP contribution in [0, 0.1) is 10.1 Å². The molecule has 0 saturated carbocycles. The van der Waals surface area contributed by atoms with Gasteiger partial charge < -0.3 is 9.84 Å². The van der Waals surface area contributed by atoms with E-state index in [0.717, 1.165) is 5.56 Å². The van der Waals surface area contributed by atoms with Crippen molar-refractivity contribution in [1.82, 2.24) is 0 Å². The zero-order chi connectivity index (χ0) is 13.0. The topological polar surface area (TPSA) is 72.6 Å². The van der Waals surface area contributed by atoms with Gasteiger partial charge in [-0.25, -0.2) is 0 Å². The van der Waals surface area contributed by atoms with Crippen molar-refractivity contribution < 1.29 is 14.8 Å². The smallest absolute Gasteiger partial charge is 0.310 e. The Hall–Kier alpha value is -1.62. The summed E-state index contributed by atoms with van der Waals surface area (Å²) in [4.78, 5) is 10.2. The van der Waals surface area contributed by atoms with Crippen molar-refractivity contribution in [2.45, 2.75) is 32.3 Å². The van der Waals surface area contributed by atoms with Crippen LogP contribution in [-0.2, 0) is 0 Å². The molecule has 1 aromatic carbocycles. The summed E-state index contributed by atoms with van der Waals surface area (Å²) in [6, 6.07) is 4.68. The molecule has 0 aliphatic rings. The minimum absolute atomic E-state index is 0.0607. The second-order valence-electron chi connectivity index (χ2n) is 3.95. The Bertz CT molecular complexity index is 405. The molecule has 2 atom stereocenters. The number of hydrogen-bond acceptors (Lipinski definition) is 4. The van der Waals surface area contributed by atoms with Gasteiger partial charge in [-0.1, -0.05) is 19.9 Å². The van der Waals surface area contributed by atoms with E-state index >= 15 is 0 Å². The van der Waals surface area contributed by atoms with E-state index in [1.165, 1.54) is 13.2 Å². The molecule has 0 bridgehead atoms. The number of aliphatic hydroxyl groups excluding tert-OH is 1. The van der Waals surface area contributed by atoms with Crippen molar-refractivity contribution in [2.75, 3.05) is 7.11 Å². The van der Waals surface area contributed by atoms with E-state index in [9.17, 15) is 15.2 Å². The number of ether oxygens (including phenoxy) is 1. The third-order valence-electron chi connectivity index (χ3n) is 2.92. The zero-order valence-corrected chi connectivity index (χ0v) is 10.2. The fraction of sp³-hybridized carbons (Fsp3) is 0.500. The third kappa shape index (κ3) is 2.94. The van der Waals surface area contributed by atoms with Crippen LogP contribution in [0.15, 0.2) is 18.2 Å². The number of nitrogens with zero attached hydrogens (tertiary/aromatic N) is 1. The van der Waals surface area contributed by atoms with E-state index in [-0.39, 0.29) is 17.4 Å². The molecular weight excluding hydrogens is 222 g/mol. The molecule has 1 rings (SSSR count). The van der Waals surface area contributed by atoms with Crippen LogP contribution in [0.5, 0.6) is 5.75 Å². The van der Waals surface area contributed by atoms with E-state index in [4.69, 9.17) is 4.74 Å². The summed E-state index contributed by atoms with van der Waals surface area (Å²) in [5.41, 5.74) is 0.774. The lowest BCUT2D eigenvalue weighted by atomic mass is 9.93. The number of nitro groups is 1. The Morgan fingerprint density at radius 2 is 2.18 bits per heavy atom. The first-order chi connectivity index (χ1) is 8.01. The predicted molar refractivity (Wildman–Crippen MR) is 64.4 cm³/mol. The third-order valence-corrected chi connectivity index (χ3v) is 2.92. The highest BCUT2D eigenvalue weighted by atomic mass is 16.6. The summed E-state index contributed by atoms with van der Waals surface area (Å²) in [7, 11) is 1.40. The highest BCUT2D eigenvalue weighted by molar-refractivity contribution is 5.49. The number of nitro benzene ring substituents is 1. The monoisotopic (exact) mass is 239 g/mol. The van der Waals surface area contributed by atoms with E-state index in [0.29, 0.717) is 6.42 Å². The van der Waals surface area contributed by atoms with Gasteiger partial charge >= 0.3 is 5.69 Å². The van der Waals surface area contributed by atoms with Gasteiger partial charge in [0.15, 0.2) is 5.75 Å². The summed E-state index contributed by atoms with van der Waals surface area (Å²) in [5, 5.41) is 20.5. The SMILES string of the molecule is CCC(O)C(C)c1ccc([N+](=O)[O-])c(OC)c1. The van der Waals surface area contributed by atoms with Crippen molar-refractivity contribution >= 4 is 5.69 Å². The van der Waals surface area contributed by atoms with E-state index in [1.807, 2.05) is 13.8 Å². The van der Waals surface area contributed by atoms with Gasteiger partial charge in [0, 0.05) is 12.0 Å². The highest BCUT2D eigenvalue weighted by Gasteiger charge is 2.19. The van der Waals surface area contributed by atoms with Crippen LogP contribution in [0.1, 0.15) is 31.7 Å². The average molecular weight is 239 g/mol. The van der Waals surface area contributed by atoms with Gasteiger partial charge in [-0.05, 0) is 18.1 Å². The minimum atomic E-state index is -0.483. The summed E-state index contributed by atoms with van der Waals surface area (Å²) in [5.74, 6) is 0.150. The van der Waals surface area contributed by atoms with Crippen LogP contribution in [0.2, 0.25) is 0 Å². The molecule has 1 aromatic rings. The lowest BCUT2D eigenvalue weighted by molar-refractivity contribution is -0.385. The highest BCUT2D eigenvalue weighted by Crippen LogP contribution is 2.31. The van der Waals surface area contributed by atoms with Gasteiger partial charge in [-0.2, -0.15) is 0 Å². The number of benzene rings is 1. The molecule has 17 heavy (non-hydrogen) atoms. The minimum Gasteiger partial charge on any atom is -0.490 e. The molecule has 0 saturated heterocycles. The van der Waals surface area contributed by atoms with Gasteiger partial charge in [-0.3, -0.25) is 10.1 Å². The van der Waals surface area contributed by atoms with E-state index < -0.39 is 11.0 Å². The fourth-order valence-corrected chi connectivity index (χ4v) is 1.70. The molecule has 0 amide bonds. The Morgan fingerprint density at radius 1 is 1.53 bits per heavy atom. The number of rotatable bonds is 5. The molecule has 0 aliphatic carbocycles. The Labute approximate surface area is 100 Å². The Morgan fingerprint density at radius 3 is 2.65 bits per heavy atom. The van der Waals surface area contributed by atoms with Crippen LogP contribution in [0.4, 0.5) is 5.69 Å². The maximum atomic E-state index is 10.7. The second kappa shape index (κ2) is 5.63. The van der Waals surface area contributed by atoms with Gasteiger partial charge in [0.2, 0.25) is 0 Å². The molecular formula is C12H17NO4. The van der Waals surface area contributed by atoms with Crippen LogP contribution in [0.3, 0.4) is 0 Å². The summed E-state index contributed by atoms with van der Waals surface area (Å²) < 4.78 is 4.99. The molecule has 0 spiro atoms. The van der Waals surface area contributed by atoms with Gasteiger partial charge in [0.05, 0.1) is 18.1 Å². The predicted octanol–water partition coefficient (Wildman–Crippen LogP) is 2.48. The molecule has 1 N–H and O–H groups in total. The van der Waals surface area contributed by atoms with Crippen LogP contribution < -0.4 is 4.74 Å². The number of methoxy groups -OCH3 is 1. The first kappa shape index (κ1) is 13.4. The zero-order valence-electron chi connectivity index (χ0n) is 10.2. The molecule has 5 heteroatoms. The molecule has 0 radical (unpaired) electrons. The summed E-state index contributed by atoms with van der Waals surface area (Å²) >= 11 is 0. The normalized spacial score (nSPS) is 14.1. The molecule has 0 fully saturated rings. The number of aliphatic hydroxyl groups is 1. The van der Waals surface area contributed by atoms with Crippen molar-refractivity contribution in [3.05, 3.63) is 33.9 Å². The van der Waals surface area contributed by atoms with Gasteiger partial charge in [-0.15, -0.1) is 0 Å². The van der Waals surface area contributed by atoms with E-state index in [1.54, 1.807) is 12.1 Å². The fourth-order valence-electron chi connectivity index (χ4n) is 1.70. The Kier molecular flexibility index (Phi) is 4.45. The number of hydrogen-bond donors (Lipinski definition) is 1. The second-order valence-corrected chi connectivity index (χ2v) is 3.95. The van der Waals surface area contributed by atoms with Gasteiger partial charge in [0.25, 0.3) is 0 Å².